The predicted molar refractivity (Wildman–Crippen MR) is 83.1 cm³/mol. The smallest absolute Gasteiger partial charge is 0.222 e. The Kier molecular flexibility index (Phi) is 7.85. The first-order valence-electron chi connectivity index (χ1n) is 7.85. The molecular weight excluding hydrogens is 276 g/mol. The van der Waals surface area contributed by atoms with Crippen LogP contribution in [0.3, 0.4) is 0 Å². The van der Waals surface area contributed by atoms with Crippen LogP contribution in [0.5, 0.6) is 0 Å². The van der Waals surface area contributed by atoms with Gasteiger partial charge in [-0.2, -0.15) is 0 Å². The number of nitrogens with zero attached hydrogens (tertiary/aromatic N) is 1. The summed E-state index contributed by atoms with van der Waals surface area (Å²) in [6.45, 7) is 3.77. The Morgan fingerprint density at radius 2 is 2.05 bits per heavy atom. The zero-order valence-electron chi connectivity index (χ0n) is 12.6. The molecule has 2 saturated heterocycles. The van der Waals surface area contributed by atoms with Gasteiger partial charge in [-0.25, -0.2) is 0 Å². The fourth-order valence-electron chi connectivity index (χ4n) is 3.28. The largest absolute Gasteiger partial charge is 0.378 e. The molecule has 3 unspecified atom stereocenters. The van der Waals surface area contributed by atoms with Crippen molar-refractivity contribution in [3.05, 3.63) is 0 Å². The third-order valence-corrected chi connectivity index (χ3v) is 4.43. The van der Waals surface area contributed by atoms with Crippen molar-refractivity contribution in [2.45, 2.75) is 76.5 Å². The standard InChI is InChI=1S/C15H28N2O2.ClH/c1-12(16)14-7-2-4-10-17(14)15(18)9-8-13-6-3-5-11-19-13;/h12-14H,2-11,16H2,1H3;1H. The summed E-state index contributed by atoms with van der Waals surface area (Å²) >= 11 is 0. The Labute approximate surface area is 128 Å². The van der Waals surface area contributed by atoms with E-state index < -0.39 is 0 Å². The third kappa shape index (κ3) is 4.90. The topological polar surface area (TPSA) is 55.6 Å². The van der Waals surface area contributed by atoms with Crippen molar-refractivity contribution < 1.29 is 9.53 Å². The minimum Gasteiger partial charge on any atom is -0.378 e. The van der Waals surface area contributed by atoms with Crippen molar-refractivity contribution in [1.82, 2.24) is 4.90 Å². The van der Waals surface area contributed by atoms with Gasteiger partial charge < -0.3 is 15.4 Å². The molecule has 4 nitrogen and oxygen atoms in total. The molecule has 0 aromatic carbocycles. The van der Waals surface area contributed by atoms with E-state index >= 15 is 0 Å². The second-order valence-corrected chi connectivity index (χ2v) is 6.04. The van der Waals surface area contributed by atoms with Gasteiger partial charge in [0.15, 0.2) is 0 Å². The maximum Gasteiger partial charge on any atom is 0.222 e. The average Bonchev–Trinajstić information content (AvgIpc) is 2.46. The molecule has 3 atom stereocenters. The molecule has 2 aliphatic rings. The monoisotopic (exact) mass is 304 g/mol. The minimum absolute atomic E-state index is 0. The molecule has 2 heterocycles. The third-order valence-electron chi connectivity index (χ3n) is 4.43. The van der Waals surface area contributed by atoms with E-state index in [2.05, 4.69) is 0 Å². The SMILES string of the molecule is CC(N)C1CCCCN1C(=O)CCC1CCCCO1.Cl. The van der Waals surface area contributed by atoms with Crippen molar-refractivity contribution in [3.8, 4) is 0 Å². The van der Waals surface area contributed by atoms with Crippen LogP contribution >= 0.6 is 12.4 Å². The van der Waals surface area contributed by atoms with Crippen molar-refractivity contribution in [2.24, 2.45) is 5.73 Å². The van der Waals surface area contributed by atoms with Crippen LogP contribution in [-0.4, -0.2) is 42.1 Å². The summed E-state index contributed by atoms with van der Waals surface area (Å²) in [5.74, 6) is 0.274. The molecule has 0 saturated carbocycles. The zero-order chi connectivity index (χ0) is 13.7. The highest BCUT2D eigenvalue weighted by Crippen LogP contribution is 2.22. The van der Waals surface area contributed by atoms with Gasteiger partial charge in [0.25, 0.3) is 0 Å². The number of ether oxygens (including phenoxy) is 1. The summed E-state index contributed by atoms with van der Waals surface area (Å²) in [6, 6.07) is 0.323. The number of halogens is 1. The normalized spacial score (nSPS) is 28.6. The van der Waals surface area contributed by atoms with Gasteiger partial charge >= 0.3 is 0 Å². The fraction of sp³-hybridized carbons (Fsp3) is 0.933. The maximum absolute atomic E-state index is 12.4. The van der Waals surface area contributed by atoms with Crippen LogP contribution in [-0.2, 0) is 9.53 Å². The van der Waals surface area contributed by atoms with Gasteiger partial charge in [-0.1, -0.05) is 0 Å². The molecule has 20 heavy (non-hydrogen) atoms. The molecule has 118 valence electrons. The molecule has 2 fully saturated rings. The summed E-state index contributed by atoms with van der Waals surface area (Å²) in [4.78, 5) is 14.4. The summed E-state index contributed by atoms with van der Waals surface area (Å²) < 4.78 is 5.69. The molecule has 0 aliphatic carbocycles. The fourth-order valence-corrected chi connectivity index (χ4v) is 3.28. The summed E-state index contributed by atoms with van der Waals surface area (Å²) in [7, 11) is 0. The lowest BCUT2D eigenvalue weighted by atomic mass is 9.96. The molecule has 0 spiro atoms. The van der Waals surface area contributed by atoms with E-state index in [4.69, 9.17) is 10.5 Å². The van der Waals surface area contributed by atoms with Crippen LogP contribution in [0.15, 0.2) is 0 Å². The van der Waals surface area contributed by atoms with E-state index in [1.807, 2.05) is 11.8 Å². The predicted octanol–water partition coefficient (Wildman–Crippen LogP) is 2.49. The van der Waals surface area contributed by atoms with E-state index in [0.717, 1.165) is 38.8 Å². The van der Waals surface area contributed by atoms with E-state index in [1.54, 1.807) is 0 Å². The number of carbonyl (C=O) groups is 1. The Morgan fingerprint density at radius 3 is 2.70 bits per heavy atom. The van der Waals surface area contributed by atoms with Gasteiger partial charge in [-0.3, -0.25) is 4.79 Å². The number of nitrogens with two attached hydrogens (primary N) is 1. The maximum atomic E-state index is 12.4. The number of rotatable bonds is 4. The number of hydrogen-bond donors (Lipinski definition) is 1. The van der Waals surface area contributed by atoms with Crippen LogP contribution in [0.2, 0.25) is 0 Å². The molecule has 2 rings (SSSR count). The lowest BCUT2D eigenvalue weighted by Crippen LogP contribution is -2.51. The molecule has 0 aromatic rings. The van der Waals surface area contributed by atoms with Crippen LogP contribution in [0.25, 0.3) is 0 Å². The van der Waals surface area contributed by atoms with Crippen molar-refractivity contribution in [1.29, 1.82) is 0 Å². The number of piperidine rings is 1. The quantitative estimate of drug-likeness (QED) is 0.868. The number of amides is 1. The first-order valence-corrected chi connectivity index (χ1v) is 7.85. The number of likely N-dealkylation sites (tertiary alicyclic amines) is 1. The summed E-state index contributed by atoms with van der Waals surface area (Å²) in [6.07, 6.45) is 8.70. The van der Waals surface area contributed by atoms with Gasteiger partial charge in [-0.15, -0.1) is 12.4 Å². The molecule has 2 aliphatic heterocycles. The number of hydrogen-bond acceptors (Lipinski definition) is 3. The zero-order valence-corrected chi connectivity index (χ0v) is 13.4. The van der Waals surface area contributed by atoms with E-state index in [9.17, 15) is 4.79 Å². The van der Waals surface area contributed by atoms with Crippen LogP contribution in [0, 0.1) is 0 Å². The van der Waals surface area contributed by atoms with Crippen LogP contribution in [0.4, 0.5) is 0 Å². The Morgan fingerprint density at radius 1 is 1.30 bits per heavy atom. The Bertz CT molecular complexity index is 294. The van der Waals surface area contributed by atoms with Gasteiger partial charge in [0.2, 0.25) is 5.91 Å². The van der Waals surface area contributed by atoms with Gasteiger partial charge in [-0.05, 0) is 51.9 Å². The van der Waals surface area contributed by atoms with E-state index in [1.165, 1.54) is 19.3 Å². The second-order valence-electron chi connectivity index (χ2n) is 6.04. The Balaban J connectivity index is 0.00000200. The molecule has 2 N–H and O–H groups in total. The van der Waals surface area contributed by atoms with Crippen molar-refractivity contribution >= 4 is 18.3 Å². The highest BCUT2D eigenvalue weighted by atomic mass is 35.5. The molecule has 0 radical (unpaired) electrons. The molecular formula is C15H29ClN2O2. The van der Waals surface area contributed by atoms with E-state index in [0.29, 0.717) is 12.5 Å². The van der Waals surface area contributed by atoms with Crippen LogP contribution < -0.4 is 5.73 Å². The lowest BCUT2D eigenvalue weighted by molar-refractivity contribution is -0.136. The molecule has 1 amide bonds. The van der Waals surface area contributed by atoms with Crippen LogP contribution in [0.1, 0.15) is 58.3 Å². The Hall–Kier alpha value is -0.320. The highest BCUT2D eigenvalue weighted by Gasteiger charge is 2.29. The average molecular weight is 305 g/mol. The molecule has 0 bridgehead atoms. The summed E-state index contributed by atoms with van der Waals surface area (Å²) in [5, 5.41) is 0. The molecule has 5 heteroatoms. The first-order chi connectivity index (χ1) is 9.18. The van der Waals surface area contributed by atoms with Crippen molar-refractivity contribution in [3.63, 3.8) is 0 Å². The molecule has 0 aromatic heterocycles. The number of carbonyl (C=O) groups excluding carboxylic acids is 1. The van der Waals surface area contributed by atoms with E-state index in [-0.39, 0.29) is 30.4 Å². The van der Waals surface area contributed by atoms with Gasteiger partial charge in [0.05, 0.1) is 6.10 Å². The highest BCUT2D eigenvalue weighted by molar-refractivity contribution is 5.85. The first kappa shape index (κ1) is 17.7. The summed E-state index contributed by atoms with van der Waals surface area (Å²) in [5.41, 5.74) is 6.02. The van der Waals surface area contributed by atoms with Crippen molar-refractivity contribution in [2.75, 3.05) is 13.2 Å². The van der Waals surface area contributed by atoms with Gasteiger partial charge in [0, 0.05) is 31.7 Å². The lowest BCUT2D eigenvalue weighted by Gasteiger charge is -2.38. The minimum atomic E-state index is 0. The van der Waals surface area contributed by atoms with Gasteiger partial charge in [0.1, 0.15) is 0 Å². The second kappa shape index (κ2) is 8.85.